The zero-order valence-corrected chi connectivity index (χ0v) is 15.9. The van der Waals surface area contributed by atoms with Crippen LogP contribution in [0.4, 0.5) is 0 Å². The molecule has 0 unspecified atom stereocenters. The van der Waals surface area contributed by atoms with Crippen LogP contribution in [0.5, 0.6) is 0 Å². The highest BCUT2D eigenvalue weighted by molar-refractivity contribution is 5.66. The van der Waals surface area contributed by atoms with Crippen LogP contribution < -0.4 is 0 Å². The summed E-state index contributed by atoms with van der Waals surface area (Å²) in [6.07, 6.45) is 2.14. The number of hydrogen-bond acceptors (Lipinski definition) is 5. The number of carbonyl (C=O) groups is 1. The molecule has 2 fully saturated rings. The van der Waals surface area contributed by atoms with Gasteiger partial charge in [0.2, 0.25) is 0 Å². The molecule has 5 nitrogen and oxygen atoms in total. The minimum absolute atomic E-state index is 0.0801. The summed E-state index contributed by atoms with van der Waals surface area (Å²) in [5.74, 6) is -1.50. The van der Waals surface area contributed by atoms with Gasteiger partial charge >= 0.3 is 5.97 Å². The van der Waals surface area contributed by atoms with Crippen LogP contribution in [0.1, 0.15) is 45.6 Å². The average Bonchev–Trinajstić information content (AvgIpc) is 2.62. The lowest BCUT2D eigenvalue weighted by Crippen LogP contribution is -2.63. The maximum atomic E-state index is 11.6. The minimum Gasteiger partial charge on any atom is -0.462 e. The zero-order chi connectivity index (χ0) is 18.7. The molecule has 3 rings (SSSR count). The number of benzene rings is 1. The van der Waals surface area contributed by atoms with Gasteiger partial charge in [0, 0.05) is 25.2 Å². The van der Waals surface area contributed by atoms with Gasteiger partial charge in [0.05, 0.1) is 18.8 Å². The van der Waals surface area contributed by atoms with Crippen LogP contribution in [-0.4, -0.2) is 41.8 Å². The van der Waals surface area contributed by atoms with Crippen molar-refractivity contribution in [3.8, 4) is 0 Å². The largest absolute Gasteiger partial charge is 0.462 e. The summed E-state index contributed by atoms with van der Waals surface area (Å²) >= 11 is 0. The predicted octanol–water partition coefficient (Wildman–Crippen LogP) is 3.09. The smallest absolute Gasteiger partial charge is 0.302 e. The van der Waals surface area contributed by atoms with Gasteiger partial charge in [-0.05, 0) is 24.8 Å². The molecular weight excluding hydrogens is 332 g/mol. The number of rotatable bonds is 4. The monoisotopic (exact) mass is 362 g/mol. The van der Waals surface area contributed by atoms with Crippen molar-refractivity contribution in [2.75, 3.05) is 6.61 Å². The fourth-order valence-corrected chi connectivity index (χ4v) is 4.33. The molecule has 1 N–H and O–H groups in total. The molecule has 1 aromatic rings. The van der Waals surface area contributed by atoms with Crippen molar-refractivity contribution in [3.63, 3.8) is 0 Å². The molecule has 0 aliphatic carbocycles. The second kappa shape index (κ2) is 8.07. The van der Waals surface area contributed by atoms with E-state index in [4.69, 9.17) is 14.2 Å². The number of esters is 1. The summed E-state index contributed by atoms with van der Waals surface area (Å²) in [5.41, 5.74) is 1.26. The van der Waals surface area contributed by atoms with Crippen LogP contribution in [0.2, 0.25) is 0 Å². The molecule has 144 valence electrons. The molecule has 5 heteroatoms. The van der Waals surface area contributed by atoms with Crippen LogP contribution in [0.25, 0.3) is 0 Å². The zero-order valence-electron chi connectivity index (χ0n) is 15.9. The van der Waals surface area contributed by atoms with Gasteiger partial charge in [0.15, 0.2) is 5.79 Å². The van der Waals surface area contributed by atoms with Crippen LogP contribution >= 0.6 is 0 Å². The van der Waals surface area contributed by atoms with Crippen molar-refractivity contribution >= 4 is 5.97 Å². The third kappa shape index (κ3) is 3.95. The van der Waals surface area contributed by atoms with Crippen LogP contribution in [0.3, 0.4) is 0 Å². The molecule has 2 aliphatic heterocycles. The average molecular weight is 362 g/mol. The summed E-state index contributed by atoms with van der Waals surface area (Å²) in [7, 11) is 0. The van der Waals surface area contributed by atoms with E-state index in [0.29, 0.717) is 19.4 Å². The SMILES string of the molecule is CC(=O)O[C@@H]1C[C@H](CCc2ccccc2)O[C@@]2(OCC[C@@H](O)[C@@H]2C)[C@@H]1C. The molecule has 2 saturated heterocycles. The van der Waals surface area contributed by atoms with Crippen molar-refractivity contribution < 1.29 is 24.1 Å². The first-order chi connectivity index (χ1) is 12.4. The third-order valence-corrected chi connectivity index (χ3v) is 5.91. The van der Waals surface area contributed by atoms with Crippen molar-refractivity contribution in [2.45, 2.75) is 70.6 Å². The van der Waals surface area contributed by atoms with Crippen molar-refractivity contribution in [1.29, 1.82) is 0 Å². The van der Waals surface area contributed by atoms with Crippen molar-refractivity contribution in [3.05, 3.63) is 35.9 Å². The Morgan fingerprint density at radius 1 is 1.27 bits per heavy atom. The quantitative estimate of drug-likeness (QED) is 0.834. The van der Waals surface area contributed by atoms with E-state index < -0.39 is 11.9 Å². The summed E-state index contributed by atoms with van der Waals surface area (Å²) in [5, 5.41) is 10.4. The molecule has 0 saturated carbocycles. The highest BCUT2D eigenvalue weighted by Crippen LogP contribution is 2.46. The van der Waals surface area contributed by atoms with Crippen molar-refractivity contribution in [1.82, 2.24) is 0 Å². The molecule has 0 bridgehead atoms. The van der Waals surface area contributed by atoms with Crippen LogP contribution in [-0.2, 0) is 25.4 Å². The molecule has 1 aromatic carbocycles. The van der Waals surface area contributed by atoms with Gasteiger partial charge in [-0.1, -0.05) is 44.2 Å². The first-order valence-corrected chi connectivity index (χ1v) is 9.63. The second-order valence-electron chi connectivity index (χ2n) is 7.65. The van der Waals surface area contributed by atoms with E-state index in [-0.39, 0.29) is 30.0 Å². The van der Waals surface area contributed by atoms with Gasteiger partial charge in [0.25, 0.3) is 0 Å². The number of carbonyl (C=O) groups excluding carboxylic acids is 1. The number of aryl methyl sites for hydroxylation is 1. The summed E-state index contributed by atoms with van der Waals surface area (Å²) in [6.45, 7) is 5.85. The number of aliphatic hydroxyl groups is 1. The molecule has 2 aliphatic rings. The van der Waals surface area contributed by atoms with Gasteiger partial charge in [0.1, 0.15) is 6.10 Å². The lowest BCUT2D eigenvalue weighted by atomic mass is 9.76. The highest BCUT2D eigenvalue weighted by Gasteiger charge is 2.56. The third-order valence-electron chi connectivity index (χ3n) is 5.91. The summed E-state index contributed by atoms with van der Waals surface area (Å²) in [6, 6.07) is 10.3. The molecule has 0 aromatic heterocycles. The molecular formula is C21H30O5. The Morgan fingerprint density at radius 2 is 2.00 bits per heavy atom. The van der Waals surface area contributed by atoms with Gasteiger partial charge < -0.3 is 19.3 Å². The molecule has 0 amide bonds. The van der Waals surface area contributed by atoms with Crippen LogP contribution in [0.15, 0.2) is 30.3 Å². The summed E-state index contributed by atoms with van der Waals surface area (Å²) < 4.78 is 18.2. The van der Waals surface area contributed by atoms with E-state index in [9.17, 15) is 9.90 Å². The predicted molar refractivity (Wildman–Crippen MR) is 97.4 cm³/mol. The second-order valence-corrected chi connectivity index (χ2v) is 7.65. The van der Waals surface area contributed by atoms with E-state index in [1.165, 1.54) is 12.5 Å². The highest BCUT2D eigenvalue weighted by atomic mass is 16.7. The Labute approximate surface area is 155 Å². The minimum atomic E-state index is -0.905. The fraction of sp³-hybridized carbons (Fsp3) is 0.667. The summed E-state index contributed by atoms with van der Waals surface area (Å²) in [4.78, 5) is 11.6. The van der Waals surface area contributed by atoms with Gasteiger partial charge in [-0.15, -0.1) is 0 Å². The van der Waals surface area contributed by atoms with E-state index in [1.54, 1.807) is 0 Å². The molecule has 6 atom stereocenters. The first-order valence-electron chi connectivity index (χ1n) is 9.63. The Bertz CT molecular complexity index is 604. The van der Waals surface area contributed by atoms with Crippen molar-refractivity contribution in [2.24, 2.45) is 11.8 Å². The molecule has 26 heavy (non-hydrogen) atoms. The van der Waals surface area contributed by atoms with Gasteiger partial charge in [-0.25, -0.2) is 0 Å². The number of ether oxygens (including phenoxy) is 3. The maximum absolute atomic E-state index is 11.6. The Kier molecular flexibility index (Phi) is 6.00. The normalized spacial score (nSPS) is 37.5. The molecule has 0 radical (unpaired) electrons. The van der Waals surface area contributed by atoms with E-state index >= 15 is 0 Å². The van der Waals surface area contributed by atoms with Gasteiger partial charge in [-0.3, -0.25) is 4.79 Å². The lowest BCUT2D eigenvalue weighted by Gasteiger charge is -2.54. The maximum Gasteiger partial charge on any atom is 0.302 e. The topological polar surface area (TPSA) is 65.0 Å². The fourth-order valence-electron chi connectivity index (χ4n) is 4.33. The van der Waals surface area contributed by atoms with Gasteiger partial charge in [-0.2, -0.15) is 0 Å². The lowest BCUT2D eigenvalue weighted by molar-refractivity contribution is -0.368. The first kappa shape index (κ1) is 19.3. The number of aliphatic hydroxyl groups excluding tert-OH is 1. The Hall–Kier alpha value is -1.43. The molecule has 2 heterocycles. The molecule has 1 spiro atoms. The standard InChI is InChI=1S/C21H30O5/c1-14-19(23)11-12-24-21(14)15(2)20(25-16(3)22)13-18(26-21)10-9-17-7-5-4-6-8-17/h4-8,14-15,18-20,23H,9-13H2,1-3H3/t14-,15+,18-,19+,20+,21+/m0/s1. The Balaban J connectivity index is 1.78. The Morgan fingerprint density at radius 3 is 2.69 bits per heavy atom. The van der Waals surface area contributed by atoms with E-state index in [2.05, 4.69) is 12.1 Å². The van der Waals surface area contributed by atoms with E-state index in [1.807, 2.05) is 32.0 Å². The van der Waals surface area contributed by atoms with E-state index in [0.717, 1.165) is 12.8 Å². The van der Waals surface area contributed by atoms with Crippen LogP contribution in [0, 0.1) is 11.8 Å². The number of hydrogen-bond donors (Lipinski definition) is 1.